The van der Waals surface area contributed by atoms with Crippen LogP contribution in [0.5, 0.6) is 5.75 Å². The number of amidine groups is 1. The molecule has 2 aromatic rings. The maximum Gasteiger partial charge on any atom is 0.418 e. The molecule has 17 nitrogen and oxygen atoms in total. The third-order valence-electron chi connectivity index (χ3n) is 7.40. The summed E-state index contributed by atoms with van der Waals surface area (Å²) in [6.07, 6.45) is 0.583. The number of ketones is 1. The number of aliphatic imine (C=N–C) groups is 1. The Hall–Kier alpha value is -4.17. The fourth-order valence-electron chi connectivity index (χ4n) is 4.83. The molecule has 1 amide bonds. The summed E-state index contributed by atoms with van der Waals surface area (Å²) in [5, 5.41) is 15.4. The number of benzene rings is 1. The quantitative estimate of drug-likeness (QED) is 0.0603. The average molecular weight is 668 g/mol. The molecule has 8 N–H and O–H groups in total. The van der Waals surface area contributed by atoms with Crippen LogP contribution in [-0.2, 0) is 33.9 Å². The number of amides is 1. The second kappa shape index (κ2) is 13.4. The van der Waals surface area contributed by atoms with Crippen molar-refractivity contribution in [3.8, 4) is 5.75 Å². The van der Waals surface area contributed by atoms with Crippen molar-refractivity contribution < 1.29 is 46.3 Å². The Kier molecular flexibility index (Phi) is 10.1. The van der Waals surface area contributed by atoms with Crippen molar-refractivity contribution in [3.63, 3.8) is 0 Å². The molecular weight excluding hydrogens is 634 g/mol. The minimum Gasteiger partial charge on any atom is -0.489 e. The zero-order valence-electron chi connectivity index (χ0n) is 24.2. The Labute approximate surface area is 261 Å². The number of carbonyl (C=O) groups excluding carboxylic acids is 2. The van der Waals surface area contributed by atoms with E-state index in [0.717, 1.165) is 30.6 Å². The first-order valence-electron chi connectivity index (χ1n) is 13.6. The van der Waals surface area contributed by atoms with Crippen molar-refractivity contribution in [1.82, 2.24) is 10.0 Å². The van der Waals surface area contributed by atoms with Crippen LogP contribution in [0.4, 0.5) is 5.13 Å². The maximum absolute atomic E-state index is 13.3. The van der Waals surface area contributed by atoms with Crippen LogP contribution in [0, 0.1) is 5.92 Å². The lowest BCUT2D eigenvalue weighted by molar-refractivity contribution is -0.228. The van der Waals surface area contributed by atoms with E-state index in [0.29, 0.717) is 22.2 Å². The Morgan fingerprint density at radius 2 is 1.93 bits per heavy atom. The molecule has 19 heteroatoms. The highest BCUT2D eigenvalue weighted by atomic mass is 32.3. The predicted molar refractivity (Wildman–Crippen MR) is 161 cm³/mol. The van der Waals surface area contributed by atoms with Crippen LogP contribution in [0.25, 0.3) is 0 Å². The van der Waals surface area contributed by atoms with Crippen molar-refractivity contribution in [2.24, 2.45) is 27.5 Å². The molecule has 2 heterocycles. The van der Waals surface area contributed by atoms with Gasteiger partial charge in [0.15, 0.2) is 16.6 Å². The number of nitrogens with zero attached hydrogens (tertiary/aromatic N) is 4. The zero-order valence-corrected chi connectivity index (χ0v) is 25.9. The second-order valence-electron chi connectivity index (χ2n) is 10.9. The van der Waals surface area contributed by atoms with Gasteiger partial charge in [-0.1, -0.05) is 5.16 Å². The molecule has 1 aliphatic carbocycles. The molecule has 45 heavy (non-hydrogen) atoms. The summed E-state index contributed by atoms with van der Waals surface area (Å²) >= 11 is 0.980. The Balaban J connectivity index is 1.44. The van der Waals surface area contributed by atoms with Crippen LogP contribution in [0.2, 0.25) is 0 Å². The number of carbonyl (C=O) groups is 3. The summed E-state index contributed by atoms with van der Waals surface area (Å²) in [4.78, 5) is 51.5. The van der Waals surface area contributed by atoms with Crippen molar-refractivity contribution >= 4 is 56.1 Å². The lowest BCUT2D eigenvalue weighted by Gasteiger charge is -2.50. The topological polar surface area (TPSA) is 272 Å². The van der Waals surface area contributed by atoms with Gasteiger partial charge in [-0.15, -0.1) is 15.6 Å². The van der Waals surface area contributed by atoms with Gasteiger partial charge >= 0.3 is 16.4 Å². The monoisotopic (exact) mass is 667 g/mol. The van der Waals surface area contributed by atoms with Crippen molar-refractivity contribution in [2.45, 2.75) is 63.3 Å². The molecule has 2 aliphatic rings. The van der Waals surface area contributed by atoms with Gasteiger partial charge in [-0.2, -0.15) is 13.5 Å². The summed E-state index contributed by atoms with van der Waals surface area (Å²) in [6.45, 7) is 2.33. The van der Waals surface area contributed by atoms with Gasteiger partial charge in [0, 0.05) is 23.4 Å². The summed E-state index contributed by atoms with van der Waals surface area (Å²) in [5.41, 5.74) is 16.8. The number of rotatable bonds is 14. The van der Waals surface area contributed by atoms with E-state index in [1.807, 2.05) is 0 Å². The van der Waals surface area contributed by atoms with E-state index in [1.54, 1.807) is 24.3 Å². The van der Waals surface area contributed by atoms with Crippen molar-refractivity contribution in [3.05, 3.63) is 40.9 Å². The van der Waals surface area contributed by atoms with Crippen LogP contribution >= 0.6 is 11.3 Å². The fourth-order valence-corrected chi connectivity index (χ4v) is 5.83. The van der Waals surface area contributed by atoms with Crippen LogP contribution < -0.4 is 21.9 Å². The van der Waals surface area contributed by atoms with Gasteiger partial charge in [0.2, 0.25) is 0 Å². The zero-order chi connectivity index (χ0) is 33.1. The number of β-lactam (4-membered cyclic amide) rings is 1. The number of hydrogen-bond acceptors (Lipinski definition) is 14. The number of ether oxygens (including phenoxy) is 1. The van der Waals surface area contributed by atoms with Gasteiger partial charge in [-0.05, 0) is 57.4 Å². The average Bonchev–Trinajstić information content (AvgIpc) is 3.58. The van der Waals surface area contributed by atoms with Crippen LogP contribution in [-0.4, -0.2) is 87.7 Å². The first kappa shape index (κ1) is 33.7. The standard InChI is InChI=1S/C26H33N7O10S2/c1-26(2)15(23(35)33(26)43-45(38,39)40)10-19(34)21(18-12-44-25(29)31-18)32-42-20(24(36)37)11-41-14-8-6-13(7-9-14)22(28)30-17-5-3-4-16(17)27/h6-9,12,15-17,20H,3-5,10-11,27H2,1-2H3,(H2,28,30)(H2,29,31)(H,36,37)(H,38,39,40)/b32-21-/t15-,16?,17?,20+/m1/s1. The highest BCUT2D eigenvalue weighted by Crippen LogP contribution is 2.40. The minimum absolute atomic E-state index is 0.0309. The number of anilines is 1. The van der Waals surface area contributed by atoms with Gasteiger partial charge in [0.1, 0.15) is 23.9 Å². The van der Waals surface area contributed by atoms with Crippen molar-refractivity contribution in [1.29, 1.82) is 0 Å². The first-order chi connectivity index (χ1) is 21.1. The van der Waals surface area contributed by atoms with E-state index in [1.165, 1.54) is 19.2 Å². The lowest BCUT2D eigenvalue weighted by atomic mass is 9.74. The molecule has 2 fully saturated rings. The van der Waals surface area contributed by atoms with E-state index in [4.69, 9.17) is 31.3 Å². The van der Waals surface area contributed by atoms with E-state index < -0.39 is 64.4 Å². The molecule has 2 unspecified atom stereocenters. The number of hydrogen-bond donors (Lipinski definition) is 5. The number of nitrogens with two attached hydrogens (primary N) is 3. The number of aromatic nitrogens is 1. The van der Waals surface area contributed by atoms with E-state index in [9.17, 15) is 27.9 Å². The third-order valence-corrected chi connectivity index (χ3v) is 8.41. The molecule has 1 aliphatic heterocycles. The Morgan fingerprint density at radius 1 is 1.24 bits per heavy atom. The number of carboxylic acid groups (broad SMARTS) is 1. The number of hydroxylamine groups is 2. The van der Waals surface area contributed by atoms with Crippen LogP contribution in [0.15, 0.2) is 39.8 Å². The van der Waals surface area contributed by atoms with E-state index >= 15 is 0 Å². The van der Waals surface area contributed by atoms with Gasteiger partial charge in [-0.3, -0.25) is 19.1 Å². The number of nitrogen functional groups attached to an aromatic ring is 1. The smallest absolute Gasteiger partial charge is 0.418 e. The predicted octanol–water partition coefficient (Wildman–Crippen LogP) is 0.494. The molecule has 1 aromatic heterocycles. The van der Waals surface area contributed by atoms with Gasteiger partial charge in [0.05, 0.1) is 17.5 Å². The Bertz CT molecular complexity index is 1610. The maximum atomic E-state index is 13.3. The molecule has 0 radical (unpaired) electrons. The molecule has 0 bridgehead atoms. The van der Waals surface area contributed by atoms with Gasteiger partial charge in [-0.25, -0.2) is 9.78 Å². The highest BCUT2D eigenvalue weighted by Gasteiger charge is 2.57. The highest BCUT2D eigenvalue weighted by molar-refractivity contribution is 7.80. The SMILES string of the molecule is CC1(C)[C@H](CC(=O)/C(=N\O[C@@H](COc2ccc(C(N)=NC3CCCC3N)cc2)C(=O)O)c2csc(N)n2)C(=O)N1OS(=O)(=O)O. The summed E-state index contributed by atoms with van der Waals surface area (Å²) < 4.78 is 41.0. The Morgan fingerprint density at radius 3 is 2.47 bits per heavy atom. The molecule has 1 saturated carbocycles. The van der Waals surface area contributed by atoms with Crippen molar-refractivity contribution in [2.75, 3.05) is 12.3 Å². The summed E-state index contributed by atoms with van der Waals surface area (Å²) in [7, 11) is -4.99. The molecule has 4 rings (SSSR count). The van der Waals surface area contributed by atoms with E-state index in [-0.39, 0.29) is 22.9 Å². The normalized spacial score (nSPS) is 22.5. The molecular formula is C26H33N7O10S2. The third kappa shape index (κ3) is 8.11. The van der Waals surface area contributed by atoms with Crippen LogP contribution in [0.3, 0.4) is 0 Å². The molecule has 1 aromatic carbocycles. The summed E-state index contributed by atoms with van der Waals surface area (Å²) in [5.74, 6) is -3.57. The second-order valence-corrected chi connectivity index (χ2v) is 12.8. The fraction of sp³-hybridized carbons (Fsp3) is 0.462. The molecule has 1 saturated heterocycles. The molecule has 0 spiro atoms. The molecule has 4 atom stereocenters. The molecule has 244 valence electrons. The largest absolute Gasteiger partial charge is 0.489 e. The minimum atomic E-state index is -4.99. The van der Waals surface area contributed by atoms with Gasteiger partial charge in [0.25, 0.3) is 12.0 Å². The summed E-state index contributed by atoms with van der Waals surface area (Å²) in [6, 6.07) is 6.41. The lowest BCUT2D eigenvalue weighted by Crippen LogP contribution is -2.68. The number of Topliss-reactive ketones (excluding diaryl/α,β-unsaturated/α-hetero) is 1. The van der Waals surface area contributed by atoms with Crippen LogP contribution in [0.1, 0.15) is 50.8 Å². The van der Waals surface area contributed by atoms with E-state index in [2.05, 4.69) is 19.4 Å². The number of carboxylic acids is 1. The first-order valence-corrected chi connectivity index (χ1v) is 15.9. The number of thiazole rings is 1. The number of oxime groups is 1. The van der Waals surface area contributed by atoms with Gasteiger partial charge < -0.3 is 31.9 Å². The number of aliphatic carboxylic acids is 1.